The van der Waals surface area contributed by atoms with Gasteiger partial charge in [-0.3, -0.25) is 0 Å². The maximum Gasteiger partial charge on any atom is 0.124 e. The molecule has 3 nitrogen and oxygen atoms in total. The molecule has 1 aromatic carbocycles. The third kappa shape index (κ3) is 2.35. The smallest absolute Gasteiger partial charge is 0.124 e. The zero-order valence-electron chi connectivity index (χ0n) is 5.62. The monoisotopic (exact) mass is 225 g/mol. The average Bonchev–Trinajstić information content (AvgIpc) is 1.82. The highest BCUT2D eigenvalue weighted by Gasteiger charge is 2.03. The topological polar surface area (TPSA) is 57.2 Å². The van der Waals surface area contributed by atoms with Gasteiger partial charge in [-0.25, -0.2) is 8.42 Å². The summed E-state index contributed by atoms with van der Waals surface area (Å²) in [6.45, 7) is 0. The first-order valence-corrected chi connectivity index (χ1v) is 4.98. The Bertz CT molecular complexity index is 379. The normalized spacial score (nSPS) is 11.6. The lowest BCUT2D eigenvalue weighted by atomic mass is 10.4. The van der Waals surface area contributed by atoms with Crippen LogP contribution in [0.3, 0.4) is 0 Å². The van der Waals surface area contributed by atoms with Crippen molar-refractivity contribution in [2.24, 2.45) is 0 Å². The maximum absolute atomic E-state index is 10.5. The van der Waals surface area contributed by atoms with Crippen molar-refractivity contribution in [3.05, 3.63) is 28.2 Å². The highest BCUT2D eigenvalue weighted by atomic mass is 35.5. The quantitative estimate of drug-likeness (QED) is 0.687. The summed E-state index contributed by atoms with van der Waals surface area (Å²) in [5, 5.41) is 0.244. The van der Waals surface area contributed by atoms with Gasteiger partial charge in [0.25, 0.3) is 0 Å². The van der Waals surface area contributed by atoms with Gasteiger partial charge < -0.3 is 4.55 Å². The molecular weight excluding hydrogens is 223 g/mol. The molecule has 0 spiro atoms. The summed E-state index contributed by atoms with van der Waals surface area (Å²) >= 11 is 10.9. The number of hydrogen-bond donors (Lipinski definition) is 0. The van der Waals surface area contributed by atoms with E-state index >= 15 is 0 Å². The molecule has 0 N–H and O–H groups in total. The second-order valence-corrected chi connectivity index (χ2v) is 4.31. The van der Waals surface area contributed by atoms with Crippen LogP contribution in [0.4, 0.5) is 0 Å². The highest BCUT2D eigenvalue weighted by molar-refractivity contribution is 7.85. The Labute approximate surface area is 79.7 Å². The lowest BCUT2D eigenvalue weighted by Gasteiger charge is -2.06. The van der Waals surface area contributed by atoms with Gasteiger partial charge >= 0.3 is 0 Å². The van der Waals surface area contributed by atoms with E-state index in [4.69, 9.17) is 23.2 Å². The van der Waals surface area contributed by atoms with E-state index in [1.165, 1.54) is 6.07 Å². The van der Waals surface area contributed by atoms with Crippen LogP contribution in [0, 0.1) is 0 Å². The first-order chi connectivity index (χ1) is 5.39. The molecule has 0 aromatic heterocycles. The fourth-order valence-corrected chi connectivity index (χ4v) is 1.87. The van der Waals surface area contributed by atoms with Crippen LogP contribution in [-0.4, -0.2) is 13.0 Å². The molecule has 0 atom stereocenters. The first kappa shape index (κ1) is 9.80. The molecule has 1 aromatic rings. The van der Waals surface area contributed by atoms with Gasteiger partial charge in [0.2, 0.25) is 0 Å². The molecule has 0 saturated heterocycles. The van der Waals surface area contributed by atoms with Crippen LogP contribution in [0.15, 0.2) is 23.1 Å². The van der Waals surface area contributed by atoms with Gasteiger partial charge in [0.05, 0.1) is 4.90 Å². The number of hydrogen-bond acceptors (Lipinski definition) is 3. The highest BCUT2D eigenvalue weighted by Crippen LogP contribution is 2.21. The Morgan fingerprint density at radius 2 is 1.50 bits per heavy atom. The Morgan fingerprint density at radius 3 is 1.83 bits per heavy atom. The van der Waals surface area contributed by atoms with Crippen molar-refractivity contribution < 1.29 is 13.0 Å². The van der Waals surface area contributed by atoms with Gasteiger partial charge in [0.1, 0.15) is 10.1 Å². The summed E-state index contributed by atoms with van der Waals surface area (Å²) in [5.74, 6) is 0. The SMILES string of the molecule is O=S(=O)([O-])c1cc(Cl)cc(Cl)c1. The van der Waals surface area contributed by atoms with E-state index in [0.717, 1.165) is 12.1 Å². The molecular formula is C6H3Cl2O3S-. The van der Waals surface area contributed by atoms with Crippen LogP contribution < -0.4 is 0 Å². The first-order valence-electron chi connectivity index (χ1n) is 2.81. The zero-order chi connectivity index (χ0) is 9.35. The van der Waals surface area contributed by atoms with Crippen molar-refractivity contribution >= 4 is 33.3 Å². The fraction of sp³-hybridized carbons (Fsp3) is 0. The molecule has 0 aliphatic heterocycles. The average molecular weight is 226 g/mol. The minimum absolute atomic E-state index is 0.122. The second-order valence-electron chi connectivity index (χ2n) is 2.06. The van der Waals surface area contributed by atoms with E-state index in [1.807, 2.05) is 0 Å². The lowest BCUT2D eigenvalue weighted by Crippen LogP contribution is -1.97. The predicted molar refractivity (Wildman–Crippen MR) is 44.4 cm³/mol. The molecule has 0 heterocycles. The van der Waals surface area contributed by atoms with Crippen molar-refractivity contribution in [2.75, 3.05) is 0 Å². The van der Waals surface area contributed by atoms with Crippen molar-refractivity contribution in [2.45, 2.75) is 4.90 Å². The van der Waals surface area contributed by atoms with Crippen LogP contribution >= 0.6 is 23.2 Å². The summed E-state index contributed by atoms with van der Waals surface area (Å²) in [6, 6.07) is 3.45. The van der Waals surface area contributed by atoms with Gasteiger partial charge in [-0.2, -0.15) is 0 Å². The van der Waals surface area contributed by atoms with Gasteiger partial charge in [-0.05, 0) is 18.2 Å². The zero-order valence-corrected chi connectivity index (χ0v) is 7.95. The van der Waals surface area contributed by atoms with Gasteiger partial charge in [0, 0.05) is 10.0 Å². The minimum Gasteiger partial charge on any atom is -0.744 e. The van der Waals surface area contributed by atoms with E-state index in [9.17, 15) is 13.0 Å². The Hall–Kier alpha value is -0.290. The van der Waals surface area contributed by atoms with E-state index in [1.54, 1.807) is 0 Å². The van der Waals surface area contributed by atoms with Crippen molar-refractivity contribution in [3.8, 4) is 0 Å². The third-order valence-corrected chi connectivity index (χ3v) is 2.37. The van der Waals surface area contributed by atoms with Crippen molar-refractivity contribution in [1.29, 1.82) is 0 Å². The molecule has 0 bridgehead atoms. The van der Waals surface area contributed by atoms with Gasteiger partial charge in [-0.15, -0.1) is 0 Å². The number of halogens is 2. The van der Waals surface area contributed by atoms with Crippen LogP contribution in [0.1, 0.15) is 0 Å². The summed E-state index contributed by atoms with van der Waals surface area (Å²) in [4.78, 5) is -0.417. The molecule has 6 heteroatoms. The van der Waals surface area contributed by atoms with Crippen molar-refractivity contribution in [1.82, 2.24) is 0 Å². The Morgan fingerprint density at radius 1 is 1.08 bits per heavy atom. The van der Waals surface area contributed by atoms with Gasteiger partial charge in [0.15, 0.2) is 0 Å². The molecule has 12 heavy (non-hydrogen) atoms. The number of benzene rings is 1. The minimum atomic E-state index is -4.47. The van der Waals surface area contributed by atoms with E-state index in [0.29, 0.717) is 0 Å². The predicted octanol–water partition coefficient (Wildman–Crippen LogP) is 1.90. The molecule has 0 fully saturated rings. The molecule has 0 saturated carbocycles. The van der Waals surface area contributed by atoms with Crippen molar-refractivity contribution in [3.63, 3.8) is 0 Å². The largest absolute Gasteiger partial charge is 0.744 e. The third-order valence-electron chi connectivity index (χ3n) is 1.12. The number of rotatable bonds is 1. The fourth-order valence-electron chi connectivity index (χ4n) is 0.673. The molecule has 1 rings (SSSR count). The summed E-state index contributed by atoms with van der Waals surface area (Å²) < 4.78 is 31.4. The van der Waals surface area contributed by atoms with Crippen LogP contribution in [0.2, 0.25) is 10.0 Å². The van der Waals surface area contributed by atoms with Crippen LogP contribution in [-0.2, 0) is 10.1 Å². The van der Waals surface area contributed by atoms with E-state index in [-0.39, 0.29) is 10.0 Å². The summed E-state index contributed by atoms with van der Waals surface area (Å²) in [7, 11) is -4.47. The maximum atomic E-state index is 10.5. The Kier molecular flexibility index (Phi) is 2.63. The van der Waals surface area contributed by atoms with E-state index in [2.05, 4.69) is 0 Å². The molecule has 0 aliphatic carbocycles. The molecule has 0 amide bonds. The molecule has 0 aliphatic rings. The van der Waals surface area contributed by atoms with Gasteiger partial charge in [-0.1, -0.05) is 23.2 Å². The van der Waals surface area contributed by atoms with Crippen LogP contribution in [0.25, 0.3) is 0 Å². The van der Waals surface area contributed by atoms with E-state index < -0.39 is 15.0 Å². The van der Waals surface area contributed by atoms with Crippen LogP contribution in [0.5, 0.6) is 0 Å². The summed E-state index contributed by atoms with van der Waals surface area (Å²) in [6.07, 6.45) is 0. The molecule has 0 radical (unpaired) electrons. The standard InChI is InChI=1S/C6H4Cl2O3S/c7-4-1-5(8)3-6(2-4)12(9,10)11/h1-3H,(H,9,10,11)/p-1. The molecule has 66 valence electrons. The Balaban J connectivity index is 3.37. The molecule has 0 unspecified atom stereocenters. The lowest BCUT2D eigenvalue weighted by molar-refractivity contribution is 0.463. The summed E-state index contributed by atoms with van der Waals surface area (Å²) in [5.41, 5.74) is 0. The second kappa shape index (κ2) is 3.22.